The van der Waals surface area contributed by atoms with Gasteiger partial charge in [0.1, 0.15) is 22.9 Å². The third kappa shape index (κ3) is 4.17. The van der Waals surface area contributed by atoms with Gasteiger partial charge in [-0.05, 0) is 35.9 Å². The number of furan rings is 1. The van der Waals surface area contributed by atoms with Crippen LogP contribution in [0.25, 0.3) is 20.7 Å². The van der Waals surface area contributed by atoms with Crippen LogP contribution in [-0.4, -0.2) is 21.6 Å². The predicted molar refractivity (Wildman–Crippen MR) is 104 cm³/mol. The SMILES string of the molecule is O=C(CSc1ncnc2cc(-c3ccc(F)cc3)sc12)NCc1ccco1. The highest BCUT2D eigenvalue weighted by atomic mass is 32.2. The first-order valence-electron chi connectivity index (χ1n) is 8.11. The van der Waals surface area contributed by atoms with Gasteiger partial charge in [0, 0.05) is 4.88 Å². The van der Waals surface area contributed by atoms with E-state index in [1.54, 1.807) is 24.5 Å². The standard InChI is InChI=1S/C19H14FN3O2S2/c20-13-5-3-12(4-6-13)16-8-15-18(27-16)19(23-11-22-15)26-10-17(24)21-9-14-2-1-7-25-14/h1-8,11H,9-10H2,(H,21,24). The molecular weight excluding hydrogens is 385 g/mol. The van der Waals surface area contributed by atoms with Crippen molar-refractivity contribution in [3.05, 3.63) is 66.6 Å². The summed E-state index contributed by atoms with van der Waals surface area (Å²) in [4.78, 5) is 21.7. The second-order valence-corrected chi connectivity index (χ2v) is 7.67. The van der Waals surface area contributed by atoms with Crippen LogP contribution in [0, 0.1) is 5.82 Å². The maximum Gasteiger partial charge on any atom is 0.230 e. The number of thioether (sulfide) groups is 1. The molecule has 0 aliphatic carbocycles. The van der Waals surface area contributed by atoms with Gasteiger partial charge in [-0.2, -0.15) is 0 Å². The van der Waals surface area contributed by atoms with Gasteiger partial charge in [-0.1, -0.05) is 23.9 Å². The van der Waals surface area contributed by atoms with Gasteiger partial charge in [0.2, 0.25) is 5.91 Å². The molecule has 3 heterocycles. The largest absolute Gasteiger partial charge is 0.467 e. The van der Waals surface area contributed by atoms with Crippen LogP contribution >= 0.6 is 23.1 Å². The lowest BCUT2D eigenvalue weighted by atomic mass is 10.2. The van der Waals surface area contributed by atoms with E-state index in [4.69, 9.17) is 4.42 Å². The van der Waals surface area contributed by atoms with Crippen LogP contribution in [0.4, 0.5) is 4.39 Å². The van der Waals surface area contributed by atoms with Crippen molar-refractivity contribution in [1.29, 1.82) is 0 Å². The number of nitrogens with zero attached hydrogens (tertiary/aromatic N) is 2. The quantitative estimate of drug-likeness (QED) is 0.382. The van der Waals surface area contributed by atoms with Gasteiger partial charge in [-0.15, -0.1) is 11.3 Å². The molecule has 5 nitrogen and oxygen atoms in total. The topological polar surface area (TPSA) is 68.0 Å². The summed E-state index contributed by atoms with van der Waals surface area (Å²) < 4.78 is 19.2. The number of hydrogen-bond acceptors (Lipinski definition) is 6. The molecule has 1 amide bonds. The number of rotatable bonds is 6. The molecule has 0 bridgehead atoms. The third-order valence-electron chi connectivity index (χ3n) is 3.79. The Balaban J connectivity index is 1.47. The first-order valence-corrected chi connectivity index (χ1v) is 9.91. The first kappa shape index (κ1) is 17.7. The Hall–Kier alpha value is -2.71. The second kappa shape index (κ2) is 7.89. The molecule has 1 N–H and O–H groups in total. The Morgan fingerprint density at radius 2 is 2.07 bits per heavy atom. The molecule has 0 atom stereocenters. The van der Waals surface area contributed by atoms with Crippen LogP contribution in [0.5, 0.6) is 0 Å². The number of thiophene rings is 1. The number of carbonyl (C=O) groups is 1. The first-order chi connectivity index (χ1) is 13.2. The van der Waals surface area contributed by atoms with Crippen molar-refractivity contribution in [3.8, 4) is 10.4 Å². The van der Waals surface area contributed by atoms with E-state index in [-0.39, 0.29) is 17.5 Å². The van der Waals surface area contributed by atoms with Crippen molar-refractivity contribution in [2.24, 2.45) is 0 Å². The monoisotopic (exact) mass is 399 g/mol. The molecule has 4 aromatic rings. The molecule has 4 rings (SSSR count). The van der Waals surface area contributed by atoms with Crippen LogP contribution in [0.15, 0.2) is 64.5 Å². The fraction of sp³-hybridized carbons (Fsp3) is 0.105. The molecule has 3 aromatic heterocycles. The second-order valence-electron chi connectivity index (χ2n) is 5.66. The van der Waals surface area contributed by atoms with Gasteiger partial charge in [0.05, 0.1) is 28.8 Å². The Bertz CT molecular complexity index is 1060. The molecule has 1 aromatic carbocycles. The zero-order valence-electron chi connectivity index (χ0n) is 14.0. The minimum atomic E-state index is -0.267. The molecule has 0 fully saturated rings. The van der Waals surface area contributed by atoms with Crippen LogP contribution < -0.4 is 5.32 Å². The number of hydrogen-bond donors (Lipinski definition) is 1. The van der Waals surface area contributed by atoms with Crippen LogP contribution in [0.3, 0.4) is 0 Å². The molecule has 0 aliphatic heterocycles. The summed E-state index contributed by atoms with van der Waals surface area (Å²) >= 11 is 2.89. The van der Waals surface area contributed by atoms with Gasteiger partial charge in [-0.3, -0.25) is 4.79 Å². The van der Waals surface area contributed by atoms with Gasteiger partial charge < -0.3 is 9.73 Å². The minimum absolute atomic E-state index is 0.0986. The number of halogens is 1. The highest BCUT2D eigenvalue weighted by Gasteiger charge is 2.12. The van der Waals surface area contributed by atoms with E-state index in [0.717, 1.165) is 25.7 Å². The summed E-state index contributed by atoms with van der Waals surface area (Å²) in [5.41, 5.74) is 1.74. The van der Waals surface area contributed by atoms with Crippen molar-refractivity contribution < 1.29 is 13.6 Å². The number of amides is 1. The minimum Gasteiger partial charge on any atom is -0.467 e. The van der Waals surface area contributed by atoms with Crippen LogP contribution in [-0.2, 0) is 11.3 Å². The lowest BCUT2D eigenvalue weighted by Crippen LogP contribution is -2.24. The third-order valence-corrected chi connectivity index (χ3v) is 6.09. The van der Waals surface area contributed by atoms with Crippen molar-refractivity contribution in [1.82, 2.24) is 15.3 Å². The number of aromatic nitrogens is 2. The van der Waals surface area contributed by atoms with Crippen molar-refractivity contribution in [3.63, 3.8) is 0 Å². The molecule has 27 heavy (non-hydrogen) atoms. The average Bonchev–Trinajstić information content (AvgIpc) is 3.35. The molecule has 8 heteroatoms. The van der Waals surface area contributed by atoms with E-state index in [2.05, 4.69) is 15.3 Å². The van der Waals surface area contributed by atoms with E-state index in [0.29, 0.717) is 12.3 Å². The number of benzene rings is 1. The van der Waals surface area contributed by atoms with E-state index in [1.807, 2.05) is 12.1 Å². The van der Waals surface area contributed by atoms with E-state index in [9.17, 15) is 9.18 Å². The summed E-state index contributed by atoms with van der Waals surface area (Å²) in [6.45, 7) is 0.360. The highest BCUT2D eigenvalue weighted by molar-refractivity contribution is 8.00. The van der Waals surface area contributed by atoms with E-state index < -0.39 is 0 Å². The smallest absolute Gasteiger partial charge is 0.230 e. The van der Waals surface area contributed by atoms with Crippen molar-refractivity contribution >= 4 is 39.2 Å². The lowest BCUT2D eigenvalue weighted by molar-refractivity contribution is -0.118. The fourth-order valence-corrected chi connectivity index (χ4v) is 4.51. The molecule has 136 valence electrons. The van der Waals surface area contributed by atoms with Crippen LogP contribution in [0.2, 0.25) is 0 Å². The molecule has 0 radical (unpaired) electrons. The fourth-order valence-electron chi connectivity index (χ4n) is 2.48. The summed E-state index contributed by atoms with van der Waals surface area (Å²) in [6.07, 6.45) is 3.07. The zero-order valence-corrected chi connectivity index (χ0v) is 15.6. The normalized spacial score (nSPS) is 11.0. The van der Waals surface area contributed by atoms with Crippen molar-refractivity contribution in [2.45, 2.75) is 11.6 Å². The molecule has 0 spiro atoms. The van der Waals surface area contributed by atoms with E-state index >= 15 is 0 Å². The summed E-state index contributed by atoms with van der Waals surface area (Å²) in [7, 11) is 0. The summed E-state index contributed by atoms with van der Waals surface area (Å²) in [5, 5.41) is 3.57. The van der Waals surface area contributed by atoms with Gasteiger partial charge in [-0.25, -0.2) is 14.4 Å². The molecule has 0 unspecified atom stereocenters. The number of nitrogens with one attached hydrogen (secondary N) is 1. The predicted octanol–water partition coefficient (Wildman–Crippen LogP) is 4.50. The molecular formula is C19H14FN3O2S2. The zero-order chi connectivity index (χ0) is 18.6. The number of carbonyl (C=O) groups excluding carboxylic acids is 1. The van der Waals surface area contributed by atoms with Crippen LogP contribution in [0.1, 0.15) is 5.76 Å². The summed E-state index contributed by atoms with van der Waals surface area (Å²) in [6, 6.07) is 11.9. The highest BCUT2D eigenvalue weighted by Crippen LogP contribution is 2.36. The van der Waals surface area contributed by atoms with Gasteiger partial charge in [0.15, 0.2) is 0 Å². The molecule has 0 saturated carbocycles. The maximum atomic E-state index is 13.1. The van der Waals surface area contributed by atoms with Gasteiger partial charge >= 0.3 is 0 Å². The Morgan fingerprint density at radius 1 is 1.22 bits per heavy atom. The Kier molecular flexibility index (Phi) is 5.17. The maximum absolute atomic E-state index is 13.1. The Labute approximate surface area is 162 Å². The van der Waals surface area contributed by atoms with Crippen molar-refractivity contribution in [2.75, 3.05) is 5.75 Å². The number of fused-ring (bicyclic) bond motifs is 1. The van der Waals surface area contributed by atoms with E-state index in [1.165, 1.54) is 41.6 Å². The molecule has 0 saturated heterocycles. The average molecular weight is 399 g/mol. The Morgan fingerprint density at radius 3 is 2.85 bits per heavy atom. The lowest BCUT2D eigenvalue weighted by Gasteiger charge is -2.03. The molecule has 0 aliphatic rings. The van der Waals surface area contributed by atoms with Gasteiger partial charge in [0.25, 0.3) is 0 Å². The summed E-state index contributed by atoms with van der Waals surface area (Å²) in [5.74, 6) is 0.589.